The van der Waals surface area contributed by atoms with Crippen LogP contribution in [0.5, 0.6) is 0 Å². The molecular formula is C24H24N2O2. The summed E-state index contributed by atoms with van der Waals surface area (Å²) in [4.78, 5) is 12.9. The summed E-state index contributed by atoms with van der Waals surface area (Å²) in [7, 11) is 0. The summed E-state index contributed by atoms with van der Waals surface area (Å²) < 4.78 is 0. The third kappa shape index (κ3) is 4.18. The summed E-state index contributed by atoms with van der Waals surface area (Å²) in [5, 5.41) is 15.4. The highest BCUT2D eigenvalue weighted by molar-refractivity contribution is 5.91. The SMILES string of the molecule is CC(C)c1ccc(/C=N\NC(=O)C(O)(c2ccccc2)c2ccccc2)cc1. The molecule has 28 heavy (non-hydrogen) atoms. The molecule has 0 aliphatic heterocycles. The number of nitrogens with zero attached hydrogens (tertiary/aromatic N) is 1. The number of hydrogen-bond acceptors (Lipinski definition) is 3. The molecule has 0 spiro atoms. The molecule has 3 rings (SSSR count). The molecule has 0 aliphatic carbocycles. The van der Waals surface area contributed by atoms with Gasteiger partial charge in [0.2, 0.25) is 0 Å². The van der Waals surface area contributed by atoms with Crippen molar-refractivity contribution in [2.24, 2.45) is 5.10 Å². The van der Waals surface area contributed by atoms with Crippen molar-refractivity contribution in [3.8, 4) is 0 Å². The van der Waals surface area contributed by atoms with Gasteiger partial charge in [-0.2, -0.15) is 5.10 Å². The number of amides is 1. The van der Waals surface area contributed by atoms with Gasteiger partial charge in [0.1, 0.15) is 0 Å². The van der Waals surface area contributed by atoms with E-state index in [9.17, 15) is 9.90 Å². The van der Waals surface area contributed by atoms with Crippen molar-refractivity contribution in [2.45, 2.75) is 25.4 Å². The van der Waals surface area contributed by atoms with Gasteiger partial charge in [0, 0.05) is 0 Å². The Morgan fingerprint density at radius 2 is 1.39 bits per heavy atom. The second kappa shape index (κ2) is 8.63. The Labute approximate surface area is 165 Å². The van der Waals surface area contributed by atoms with E-state index in [1.807, 2.05) is 36.4 Å². The largest absolute Gasteiger partial charge is 0.372 e. The molecule has 142 valence electrons. The molecule has 0 saturated carbocycles. The van der Waals surface area contributed by atoms with Crippen molar-refractivity contribution < 1.29 is 9.90 Å². The monoisotopic (exact) mass is 372 g/mol. The van der Waals surface area contributed by atoms with Gasteiger partial charge in [-0.05, 0) is 28.2 Å². The maximum Gasteiger partial charge on any atom is 0.281 e. The summed E-state index contributed by atoms with van der Waals surface area (Å²) in [6.07, 6.45) is 1.57. The van der Waals surface area contributed by atoms with Crippen LogP contribution in [0.2, 0.25) is 0 Å². The van der Waals surface area contributed by atoms with Crippen LogP contribution in [0.4, 0.5) is 0 Å². The molecule has 3 aromatic rings. The number of hydrogen-bond donors (Lipinski definition) is 2. The number of nitrogens with one attached hydrogen (secondary N) is 1. The predicted octanol–water partition coefficient (Wildman–Crippen LogP) is 4.20. The van der Waals surface area contributed by atoms with Gasteiger partial charge in [0.25, 0.3) is 5.91 Å². The average molecular weight is 372 g/mol. The lowest BCUT2D eigenvalue weighted by Gasteiger charge is -2.27. The molecule has 1 amide bonds. The lowest BCUT2D eigenvalue weighted by Crippen LogP contribution is -2.43. The van der Waals surface area contributed by atoms with Gasteiger partial charge in [-0.3, -0.25) is 4.79 Å². The zero-order valence-corrected chi connectivity index (χ0v) is 16.0. The van der Waals surface area contributed by atoms with Crippen LogP contribution >= 0.6 is 0 Å². The molecule has 0 heterocycles. The van der Waals surface area contributed by atoms with Crippen molar-refractivity contribution in [1.29, 1.82) is 0 Å². The number of hydrazone groups is 1. The third-order valence-electron chi connectivity index (χ3n) is 4.69. The van der Waals surface area contributed by atoms with Gasteiger partial charge in [-0.15, -0.1) is 0 Å². The maximum absolute atomic E-state index is 12.9. The first kappa shape index (κ1) is 19.5. The maximum atomic E-state index is 12.9. The van der Waals surface area contributed by atoms with Crippen molar-refractivity contribution >= 4 is 12.1 Å². The number of rotatable bonds is 6. The highest BCUT2D eigenvalue weighted by atomic mass is 16.3. The minimum absolute atomic E-state index is 0.456. The molecule has 4 nitrogen and oxygen atoms in total. The van der Waals surface area contributed by atoms with Crippen molar-refractivity contribution in [1.82, 2.24) is 5.43 Å². The fraction of sp³-hybridized carbons (Fsp3) is 0.167. The number of carbonyl (C=O) groups is 1. The Morgan fingerprint density at radius 3 is 1.86 bits per heavy atom. The van der Waals surface area contributed by atoms with E-state index in [0.717, 1.165) is 5.56 Å². The molecule has 0 fully saturated rings. The van der Waals surface area contributed by atoms with E-state index in [2.05, 4.69) is 24.4 Å². The second-order valence-electron chi connectivity index (χ2n) is 6.96. The Balaban J connectivity index is 1.82. The van der Waals surface area contributed by atoms with Crippen molar-refractivity contribution in [2.75, 3.05) is 0 Å². The van der Waals surface area contributed by atoms with Gasteiger partial charge in [0.05, 0.1) is 6.21 Å². The summed E-state index contributed by atoms with van der Waals surface area (Å²) >= 11 is 0. The van der Waals surface area contributed by atoms with Crippen LogP contribution in [0.3, 0.4) is 0 Å². The van der Waals surface area contributed by atoms with Crippen LogP contribution in [-0.4, -0.2) is 17.2 Å². The van der Waals surface area contributed by atoms with Crippen LogP contribution in [0.1, 0.15) is 42.0 Å². The average Bonchev–Trinajstić information content (AvgIpc) is 2.74. The normalized spacial score (nSPS) is 11.7. The molecule has 3 aromatic carbocycles. The molecule has 4 heteroatoms. The predicted molar refractivity (Wildman–Crippen MR) is 112 cm³/mol. The summed E-state index contributed by atoms with van der Waals surface area (Å²) in [6.45, 7) is 4.27. The van der Waals surface area contributed by atoms with Crippen LogP contribution in [-0.2, 0) is 10.4 Å². The van der Waals surface area contributed by atoms with E-state index in [-0.39, 0.29) is 0 Å². The molecule has 0 unspecified atom stereocenters. The third-order valence-corrected chi connectivity index (χ3v) is 4.69. The van der Waals surface area contributed by atoms with Gasteiger partial charge in [-0.1, -0.05) is 98.8 Å². The molecule has 0 atom stereocenters. The van der Waals surface area contributed by atoms with E-state index < -0.39 is 11.5 Å². The van der Waals surface area contributed by atoms with Gasteiger partial charge >= 0.3 is 0 Å². The van der Waals surface area contributed by atoms with Crippen LogP contribution in [0, 0.1) is 0 Å². The fourth-order valence-corrected chi connectivity index (χ4v) is 3.00. The Bertz CT molecular complexity index is 894. The zero-order valence-electron chi connectivity index (χ0n) is 16.0. The van der Waals surface area contributed by atoms with E-state index in [0.29, 0.717) is 17.0 Å². The van der Waals surface area contributed by atoms with Gasteiger partial charge in [0.15, 0.2) is 5.60 Å². The molecule has 0 aromatic heterocycles. The first-order valence-corrected chi connectivity index (χ1v) is 9.28. The quantitative estimate of drug-likeness (QED) is 0.503. The van der Waals surface area contributed by atoms with Gasteiger partial charge in [-0.25, -0.2) is 5.43 Å². The summed E-state index contributed by atoms with van der Waals surface area (Å²) in [5.41, 5.74) is 3.73. The van der Waals surface area contributed by atoms with Crippen LogP contribution < -0.4 is 5.43 Å². The highest BCUT2D eigenvalue weighted by Crippen LogP contribution is 2.29. The number of carbonyl (C=O) groups excluding carboxylic acids is 1. The molecule has 0 aliphatic rings. The zero-order chi connectivity index (χ0) is 20.0. The number of benzene rings is 3. The van der Waals surface area contributed by atoms with E-state index in [1.165, 1.54) is 5.56 Å². The Morgan fingerprint density at radius 1 is 0.893 bits per heavy atom. The Hall–Kier alpha value is -3.24. The topological polar surface area (TPSA) is 61.7 Å². The minimum atomic E-state index is -1.83. The molecule has 0 bridgehead atoms. The van der Waals surface area contributed by atoms with Gasteiger partial charge < -0.3 is 5.11 Å². The fourth-order valence-electron chi connectivity index (χ4n) is 3.00. The summed E-state index contributed by atoms with van der Waals surface area (Å²) in [6, 6.07) is 25.7. The lowest BCUT2D eigenvalue weighted by atomic mass is 9.85. The molecule has 2 N–H and O–H groups in total. The van der Waals surface area contributed by atoms with Crippen LogP contribution in [0.15, 0.2) is 90.0 Å². The molecular weight excluding hydrogens is 348 g/mol. The molecule has 0 radical (unpaired) electrons. The van der Waals surface area contributed by atoms with E-state index >= 15 is 0 Å². The highest BCUT2D eigenvalue weighted by Gasteiger charge is 2.39. The lowest BCUT2D eigenvalue weighted by molar-refractivity contribution is -0.136. The van der Waals surface area contributed by atoms with E-state index in [1.54, 1.807) is 54.7 Å². The Kier molecular flexibility index (Phi) is 6.02. The first-order chi connectivity index (χ1) is 13.5. The van der Waals surface area contributed by atoms with Crippen molar-refractivity contribution in [3.05, 3.63) is 107 Å². The second-order valence-corrected chi connectivity index (χ2v) is 6.96. The van der Waals surface area contributed by atoms with Crippen LogP contribution in [0.25, 0.3) is 0 Å². The van der Waals surface area contributed by atoms with E-state index in [4.69, 9.17) is 0 Å². The number of aliphatic hydroxyl groups is 1. The first-order valence-electron chi connectivity index (χ1n) is 9.28. The standard InChI is InChI=1S/C24H24N2O2/c1-18(2)20-15-13-19(14-16-20)17-25-26-23(27)24(28,21-9-5-3-6-10-21)22-11-7-4-8-12-22/h3-18,28H,1-2H3,(H,26,27)/b25-17-. The smallest absolute Gasteiger partial charge is 0.281 e. The minimum Gasteiger partial charge on any atom is -0.372 e. The van der Waals surface area contributed by atoms with Crippen molar-refractivity contribution in [3.63, 3.8) is 0 Å². The molecule has 0 saturated heterocycles. The summed E-state index contributed by atoms with van der Waals surface area (Å²) in [5.74, 6) is -0.155.